The lowest BCUT2D eigenvalue weighted by atomic mass is 10.5. The van der Waals surface area contributed by atoms with Crippen molar-refractivity contribution in [2.75, 3.05) is 25.3 Å². The number of nitrogens with zero attached hydrogens (tertiary/aromatic N) is 4. The van der Waals surface area contributed by atoms with Gasteiger partial charge < -0.3 is 24.5 Å². The molecule has 1 atom stereocenters. The Morgan fingerprint density at radius 1 is 1.35 bits per heavy atom. The van der Waals surface area contributed by atoms with Gasteiger partial charge in [0.15, 0.2) is 13.6 Å². The maximum Gasteiger partial charge on any atom is 0.353 e. The summed E-state index contributed by atoms with van der Waals surface area (Å²) in [6, 6.07) is 0. The van der Waals surface area contributed by atoms with Crippen LogP contribution in [0.15, 0.2) is 12.7 Å². The van der Waals surface area contributed by atoms with Crippen LogP contribution in [0.4, 0.5) is 5.82 Å². The molecule has 0 aliphatic carbocycles. The summed E-state index contributed by atoms with van der Waals surface area (Å²) in [6.07, 6.45) is 2.49. The highest BCUT2D eigenvalue weighted by Crippen LogP contribution is 2.45. The van der Waals surface area contributed by atoms with Crippen LogP contribution in [0.25, 0.3) is 11.2 Å². The number of fused-ring (bicyclic) bond motifs is 1. The summed E-state index contributed by atoms with van der Waals surface area (Å²) in [4.78, 5) is 21.7. The third-order valence-electron chi connectivity index (χ3n) is 2.59. The van der Waals surface area contributed by atoms with Gasteiger partial charge in [-0.3, -0.25) is 4.57 Å². The van der Waals surface area contributed by atoms with E-state index in [-0.39, 0.29) is 13.2 Å². The Kier molecular flexibility index (Phi) is 6.57. The van der Waals surface area contributed by atoms with Crippen LogP contribution in [-0.4, -0.2) is 46.1 Å². The molecular formula is C10H13Br3N5O4P. The largest absolute Gasteiger partial charge is 0.382 e. The first-order valence-corrected chi connectivity index (χ1v) is 10.3. The minimum Gasteiger partial charge on any atom is -0.382 e. The van der Waals surface area contributed by atoms with Crippen LogP contribution >= 0.6 is 55.4 Å². The Labute approximate surface area is 156 Å². The number of aromatic nitrogens is 4. The number of nitrogens with two attached hydrogens (primary N) is 1. The highest BCUT2D eigenvalue weighted by Gasteiger charge is 2.26. The molecule has 0 amide bonds. The van der Waals surface area contributed by atoms with Gasteiger partial charge in [0.1, 0.15) is 18.2 Å². The molecule has 0 aliphatic rings. The SMILES string of the molecule is Nc1ncnc2c1ncn2CCOCP(=O)(O)OCC(Br)(Br)Br. The molecule has 1 unspecified atom stereocenters. The number of halogens is 3. The van der Waals surface area contributed by atoms with E-state index in [0.29, 0.717) is 23.5 Å². The molecule has 2 rings (SSSR count). The Balaban J connectivity index is 1.83. The average molecular weight is 538 g/mol. The van der Waals surface area contributed by atoms with Gasteiger partial charge in [0.25, 0.3) is 0 Å². The topological polar surface area (TPSA) is 125 Å². The van der Waals surface area contributed by atoms with Crippen LogP contribution in [0, 0.1) is 0 Å². The standard InChI is InChI=1S/C10H13Br3N5O4P/c11-10(12,13)3-22-23(19,20)6-21-2-1-18-5-17-7-8(14)15-4-16-9(7)18/h4-5H,1-3,6H2,(H,19,20)(H2,14,15,16). The molecule has 0 bridgehead atoms. The normalized spacial score (nSPS) is 15.0. The summed E-state index contributed by atoms with van der Waals surface area (Å²) >= 11 is 9.51. The van der Waals surface area contributed by atoms with Crippen molar-refractivity contribution in [3.8, 4) is 0 Å². The average Bonchev–Trinajstić information content (AvgIpc) is 2.86. The Hall–Kier alpha value is -0.100. The molecule has 23 heavy (non-hydrogen) atoms. The maximum absolute atomic E-state index is 11.8. The van der Waals surface area contributed by atoms with Gasteiger partial charge in [0.2, 0.25) is 0 Å². The van der Waals surface area contributed by atoms with E-state index in [9.17, 15) is 9.46 Å². The summed E-state index contributed by atoms with van der Waals surface area (Å²) < 4.78 is 22.9. The number of hydrogen-bond donors (Lipinski definition) is 2. The van der Waals surface area contributed by atoms with Crippen LogP contribution in [0.5, 0.6) is 0 Å². The van der Waals surface area contributed by atoms with Crippen molar-refractivity contribution in [1.29, 1.82) is 0 Å². The van der Waals surface area contributed by atoms with Crippen LogP contribution < -0.4 is 5.73 Å². The summed E-state index contributed by atoms with van der Waals surface area (Å²) in [5, 5.41) is 0. The quantitative estimate of drug-likeness (QED) is 0.313. The van der Waals surface area contributed by atoms with E-state index in [2.05, 4.69) is 62.7 Å². The van der Waals surface area contributed by atoms with E-state index in [0.717, 1.165) is 0 Å². The van der Waals surface area contributed by atoms with Crippen LogP contribution in [-0.2, 0) is 20.4 Å². The molecule has 2 aromatic heterocycles. The number of hydrogen-bond acceptors (Lipinski definition) is 7. The molecule has 2 heterocycles. The predicted octanol–water partition coefficient (Wildman–Crippen LogP) is 2.42. The van der Waals surface area contributed by atoms with Gasteiger partial charge in [-0.25, -0.2) is 15.0 Å². The zero-order chi connectivity index (χ0) is 17.1. The Morgan fingerprint density at radius 2 is 2.09 bits per heavy atom. The fourth-order valence-corrected chi connectivity index (χ4v) is 3.32. The fourth-order valence-electron chi connectivity index (χ4n) is 1.62. The molecule has 3 N–H and O–H groups in total. The van der Waals surface area contributed by atoms with Gasteiger partial charge >= 0.3 is 7.60 Å². The smallest absolute Gasteiger partial charge is 0.353 e. The van der Waals surface area contributed by atoms with Crippen molar-refractivity contribution in [3.05, 3.63) is 12.7 Å². The summed E-state index contributed by atoms with van der Waals surface area (Å²) in [5.41, 5.74) is 6.78. The lowest BCUT2D eigenvalue weighted by Crippen LogP contribution is -2.12. The molecule has 0 aromatic carbocycles. The maximum atomic E-state index is 11.8. The van der Waals surface area contributed by atoms with Gasteiger partial charge in [0.05, 0.1) is 19.5 Å². The van der Waals surface area contributed by atoms with E-state index in [4.69, 9.17) is 15.0 Å². The molecule has 0 fully saturated rings. The third-order valence-corrected chi connectivity index (χ3v) is 4.32. The van der Waals surface area contributed by atoms with Crippen LogP contribution in [0.2, 0.25) is 0 Å². The molecule has 9 nitrogen and oxygen atoms in total. The van der Waals surface area contributed by atoms with Crippen LogP contribution in [0.3, 0.4) is 0 Å². The minimum absolute atomic E-state index is 0.0630. The summed E-state index contributed by atoms with van der Waals surface area (Å²) in [5.74, 6) is 0.297. The summed E-state index contributed by atoms with van der Waals surface area (Å²) in [7, 11) is -3.83. The summed E-state index contributed by atoms with van der Waals surface area (Å²) in [6.45, 7) is 0.518. The first-order chi connectivity index (χ1) is 10.7. The van der Waals surface area contributed by atoms with Crippen molar-refractivity contribution >= 4 is 72.4 Å². The molecule has 0 saturated heterocycles. The third kappa shape index (κ3) is 6.04. The zero-order valence-electron chi connectivity index (χ0n) is 11.6. The van der Waals surface area contributed by atoms with Crippen molar-refractivity contribution < 1.29 is 18.7 Å². The highest BCUT2D eigenvalue weighted by molar-refractivity contribution is 9.39. The lowest BCUT2D eigenvalue weighted by molar-refractivity contribution is 0.139. The minimum atomic E-state index is -3.83. The molecule has 0 radical (unpaired) electrons. The van der Waals surface area contributed by atoms with Crippen molar-refractivity contribution in [3.63, 3.8) is 0 Å². The van der Waals surface area contributed by atoms with E-state index < -0.39 is 16.1 Å². The number of rotatable bonds is 7. The van der Waals surface area contributed by atoms with E-state index in [1.165, 1.54) is 6.33 Å². The number of imidazole rings is 1. The molecule has 2 aromatic rings. The van der Waals surface area contributed by atoms with Crippen molar-refractivity contribution in [2.45, 2.75) is 8.69 Å². The van der Waals surface area contributed by atoms with Crippen molar-refractivity contribution in [1.82, 2.24) is 19.5 Å². The Bertz CT molecular complexity index is 722. The predicted molar refractivity (Wildman–Crippen MR) is 95.8 cm³/mol. The highest BCUT2D eigenvalue weighted by atomic mass is 80.0. The number of alkyl halides is 3. The fraction of sp³-hybridized carbons (Fsp3) is 0.500. The van der Waals surface area contributed by atoms with E-state index >= 15 is 0 Å². The van der Waals surface area contributed by atoms with Crippen molar-refractivity contribution in [2.24, 2.45) is 0 Å². The Morgan fingerprint density at radius 3 is 2.78 bits per heavy atom. The number of nitrogen functional groups attached to an aromatic ring is 1. The molecule has 0 saturated carbocycles. The van der Waals surface area contributed by atoms with Gasteiger partial charge in [-0.2, -0.15) is 0 Å². The van der Waals surface area contributed by atoms with Gasteiger partial charge in [0, 0.05) is 6.54 Å². The first kappa shape index (κ1) is 19.2. The second-order valence-electron chi connectivity index (χ2n) is 4.43. The van der Waals surface area contributed by atoms with Crippen LogP contribution in [0.1, 0.15) is 0 Å². The van der Waals surface area contributed by atoms with Gasteiger partial charge in [-0.05, 0) is 0 Å². The van der Waals surface area contributed by atoms with E-state index in [1.54, 1.807) is 10.9 Å². The first-order valence-electron chi connectivity index (χ1n) is 6.20. The molecule has 128 valence electrons. The molecule has 0 aliphatic heterocycles. The zero-order valence-corrected chi connectivity index (χ0v) is 17.3. The van der Waals surface area contributed by atoms with Gasteiger partial charge in [-0.15, -0.1) is 0 Å². The molecule has 0 spiro atoms. The second-order valence-corrected chi connectivity index (χ2v) is 13.5. The monoisotopic (exact) mass is 535 g/mol. The number of anilines is 1. The molecular weight excluding hydrogens is 525 g/mol. The van der Waals surface area contributed by atoms with E-state index in [1.807, 2.05) is 0 Å². The van der Waals surface area contributed by atoms with Gasteiger partial charge in [-0.1, -0.05) is 47.8 Å². The lowest BCUT2D eigenvalue weighted by Gasteiger charge is -2.16. The molecule has 13 heteroatoms. The second kappa shape index (κ2) is 7.85. The number of ether oxygens (including phenoxy) is 1.